The van der Waals surface area contributed by atoms with Gasteiger partial charge in [-0.05, 0) is 18.8 Å². The van der Waals surface area contributed by atoms with Gasteiger partial charge in [0.05, 0.1) is 0 Å². The highest BCUT2D eigenvalue weighted by Gasteiger charge is 1.97. The molecular weight excluding hydrogens is 136 g/mol. The molecule has 9 heavy (non-hydrogen) atoms. The highest BCUT2D eigenvalue weighted by atomic mass is 35.5. The summed E-state index contributed by atoms with van der Waals surface area (Å²) in [7, 11) is 0. The van der Waals surface area contributed by atoms with Crippen LogP contribution in [0.2, 0.25) is 0 Å². The van der Waals surface area contributed by atoms with Crippen LogP contribution in [0.25, 0.3) is 0 Å². The second-order valence-corrected chi connectivity index (χ2v) is 2.79. The summed E-state index contributed by atoms with van der Waals surface area (Å²) >= 11 is 5.57. The van der Waals surface area contributed by atoms with Gasteiger partial charge in [-0.3, -0.25) is 0 Å². The van der Waals surface area contributed by atoms with Crippen LogP contribution in [-0.2, 0) is 0 Å². The second-order valence-electron chi connectivity index (χ2n) is 2.48. The molecule has 1 nitrogen and oxygen atoms in total. The first-order valence-electron chi connectivity index (χ1n) is 3.48. The lowest BCUT2D eigenvalue weighted by molar-refractivity contribution is 0.280. The van der Waals surface area contributed by atoms with Gasteiger partial charge < -0.3 is 5.11 Å². The number of aliphatic hydroxyl groups is 1. The third-order valence-corrected chi connectivity index (χ3v) is 1.90. The highest BCUT2D eigenvalue weighted by Crippen LogP contribution is 2.08. The Morgan fingerprint density at radius 1 is 1.44 bits per heavy atom. The Kier molecular flexibility index (Phi) is 6.55. The van der Waals surface area contributed by atoms with Gasteiger partial charge in [-0.1, -0.05) is 13.3 Å². The van der Waals surface area contributed by atoms with Gasteiger partial charge in [0.15, 0.2) is 0 Å². The van der Waals surface area contributed by atoms with Gasteiger partial charge >= 0.3 is 0 Å². The number of hydrogen-bond acceptors (Lipinski definition) is 1. The molecular formula is C7H15ClO. The molecule has 2 heteroatoms. The van der Waals surface area contributed by atoms with Crippen molar-refractivity contribution in [1.82, 2.24) is 0 Å². The fraction of sp³-hybridized carbons (Fsp3) is 1.00. The van der Waals surface area contributed by atoms with Crippen LogP contribution in [-0.4, -0.2) is 17.6 Å². The third-order valence-electron chi connectivity index (χ3n) is 1.37. The molecule has 0 aromatic rings. The predicted octanol–water partition coefficient (Wildman–Crippen LogP) is 2.02. The quantitative estimate of drug-likeness (QED) is 0.470. The number of hydrogen-bond donors (Lipinski definition) is 1. The average molecular weight is 151 g/mol. The number of rotatable bonds is 5. The van der Waals surface area contributed by atoms with Crippen LogP contribution in [0.5, 0.6) is 0 Å². The Hall–Kier alpha value is 0.250. The van der Waals surface area contributed by atoms with Crippen LogP contribution in [0.3, 0.4) is 0 Å². The van der Waals surface area contributed by atoms with E-state index < -0.39 is 0 Å². The summed E-state index contributed by atoms with van der Waals surface area (Å²) in [6.45, 7) is 2.44. The largest absolute Gasteiger partial charge is 0.396 e. The summed E-state index contributed by atoms with van der Waals surface area (Å²) in [5.74, 6) is 1.35. The van der Waals surface area contributed by atoms with Gasteiger partial charge in [-0.15, -0.1) is 11.6 Å². The van der Waals surface area contributed by atoms with E-state index in [2.05, 4.69) is 6.92 Å². The molecule has 0 radical (unpaired) electrons. The molecule has 0 saturated heterocycles. The van der Waals surface area contributed by atoms with E-state index in [0.29, 0.717) is 12.5 Å². The minimum atomic E-state index is 0.314. The molecule has 1 N–H and O–H groups in total. The third kappa shape index (κ3) is 6.13. The highest BCUT2D eigenvalue weighted by molar-refractivity contribution is 6.18. The SMILES string of the molecule is C[C@@H](CCl)CCCCO. The minimum Gasteiger partial charge on any atom is -0.396 e. The van der Waals surface area contributed by atoms with Crippen LogP contribution >= 0.6 is 11.6 Å². The maximum absolute atomic E-state index is 8.42. The lowest BCUT2D eigenvalue weighted by Crippen LogP contribution is -1.96. The summed E-state index contributed by atoms with van der Waals surface area (Å²) in [5.41, 5.74) is 0. The summed E-state index contributed by atoms with van der Waals surface area (Å²) in [4.78, 5) is 0. The van der Waals surface area contributed by atoms with Crippen LogP contribution in [0.1, 0.15) is 26.2 Å². The maximum Gasteiger partial charge on any atom is 0.0431 e. The molecule has 0 aliphatic carbocycles. The van der Waals surface area contributed by atoms with Gasteiger partial charge in [0.1, 0.15) is 0 Å². The van der Waals surface area contributed by atoms with Crippen LogP contribution in [0.4, 0.5) is 0 Å². The Morgan fingerprint density at radius 2 is 2.11 bits per heavy atom. The first-order chi connectivity index (χ1) is 4.31. The van der Waals surface area contributed by atoms with Crippen molar-refractivity contribution in [3.05, 3.63) is 0 Å². The molecule has 0 aliphatic rings. The van der Waals surface area contributed by atoms with E-state index in [0.717, 1.165) is 25.1 Å². The Morgan fingerprint density at radius 3 is 2.56 bits per heavy atom. The Balaban J connectivity index is 2.88. The van der Waals surface area contributed by atoms with E-state index in [1.807, 2.05) is 0 Å². The lowest BCUT2D eigenvalue weighted by Gasteiger charge is -2.04. The van der Waals surface area contributed by atoms with Crippen LogP contribution in [0.15, 0.2) is 0 Å². The van der Waals surface area contributed by atoms with Gasteiger partial charge in [0, 0.05) is 12.5 Å². The molecule has 0 spiro atoms. The zero-order valence-corrected chi connectivity index (χ0v) is 6.69. The van der Waals surface area contributed by atoms with Crippen molar-refractivity contribution in [3.63, 3.8) is 0 Å². The van der Waals surface area contributed by atoms with Crippen molar-refractivity contribution >= 4 is 11.6 Å². The van der Waals surface area contributed by atoms with Crippen molar-refractivity contribution in [1.29, 1.82) is 0 Å². The molecule has 0 aliphatic heterocycles. The van der Waals surface area contributed by atoms with E-state index in [4.69, 9.17) is 16.7 Å². The average Bonchev–Trinajstić information content (AvgIpc) is 1.89. The maximum atomic E-state index is 8.42. The van der Waals surface area contributed by atoms with Crippen molar-refractivity contribution in [2.45, 2.75) is 26.2 Å². The molecule has 0 heterocycles. The van der Waals surface area contributed by atoms with E-state index in [9.17, 15) is 0 Å². The van der Waals surface area contributed by atoms with E-state index in [1.165, 1.54) is 0 Å². The van der Waals surface area contributed by atoms with Gasteiger partial charge in [-0.2, -0.15) is 0 Å². The summed E-state index contributed by atoms with van der Waals surface area (Å²) in [5, 5.41) is 8.42. The summed E-state index contributed by atoms with van der Waals surface area (Å²) in [6, 6.07) is 0. The van der Waals surface area contributed by atoms with Gasteiger partial charge in [-0.25, -0.2) is 0 Å². The molecule has 0 aromatic heterocycles. The molecule has 1 atom stereocenters. The second kappa shape index (κ2) is 6.37. The predicted molar refractivity (Wildman–Crippen MR) is 40.8 cm³/mol. The Labute approximate surface area is 62.0 Å². The normalized spacial score (nSPS) is 13.7. The van der Waals surface area contributed by atoms with E-state index in [-0.39, 0.29) is 0 Å². The van der Waals surface area contributed by atoms with Crippen molar-refractivity contribution < 1.29 is 5.11 Å². The smallest absolute Gasteiger partial charge is 0.0431 e. The molecule has 56 valence electrons. The zero-order chi connectivity index (χ0) is 7.11. The topological polar surface area (TPSA) is 20.2 Å². The molecule has 0 amide bonds. The summed E-state index contributed by atoms with van der Waals surface area (Å²) < 4.78 is 0. The number of alkyl halides is 1. The number of halogens is 1. The van der Waals surface area contributed by atoms with Crippen molar-refractivity contribution in [2.75, 3.05) is 12.5 Å². The standard InChI is InChI=1S/C7H15ClO/c1-7(6-8)4-2-3-5-9/h7,9H,2-6H2,1H3/t7-/m1/s1. The number of unbranched alkanes of at least 4 members (excludes halogenated alkanes) is 1. The first kappa shape index (κ1) is 9.25. The fourth-order valence-corrected chi connectivity index (χ4v) is 0.836. The molecule has 0 fully saturated rings. The minimum absolute atomic E-state index is 0.314. The Bertz CT molecular complexity index is 56.9. The van der Waals surface area contributed by atoms with Crippen LogP contribution < -0.4 is 0 Å². The lowest BCUT2D eigenvalue weighted by atomic mass is 10.1. The van der Waals surface area contributed by atoms with Gasteiger partial charge in [0.25, 0.3) is 0 Å². The fourth-order valence-electron chi connectivity index (χ4n) is 0.682. The van der Waals surface area contributed by atoms with Gasteiger partial charge in [0.2, 0.25) is 0 Å². The van der Waals surface area contributed by atoms with Crippen molar-refractivity contribution in [3.8, 4) is 0 Å². The monoisotopic (exact) mass is 150 g/mol. The molecule has 0 aromatic carbocycles. The van der Waals surface area contributed by atoms with Crippen molar-refractivity contribution in [2.24, 2.45) is 5.92 Å². The molecule has 0 rings (SSSR count). The van der Waals surface area contributed by atoms with E-state index in [1.54, 1.807) is 0 Å². The van der Waals surface area contributed by atoms with Crippen LogP contribution in [0, 0.1) is 5.92 Å². The zero-order valence-electron chi connectivity index (χ0n) is 5.94. The molecule has 0 bridgehead atoms. The van der Waals surface area contributed by atoms with E-state index >= 15 is 0 Å². The molecule has 0 unspecified atom stereocenters. The molecule has 0 saturated carbocycles. The number of aliphatic hydroxyl groups excluding tert-OH is 1. The summed E-state index contributed by atoms with van der Waals surface area (Å²) in [6.07, 6.45) is 3.16. The first-order valence-corrected chi connectivity index (χ1v) is 4.01.